The highest BCUT2D eigenvalue weighted by atomic mass is 32.1. The summed E-state index contributed by atoms with van der Waals surface area (Å²) in [5.41, 5.74) is 2.29. The van der Waals surface area contributed by atoms with Crippen molar-refractivity contribution in [3.8, 4) is 10.4 Å². The molecule has 1 amide bonds. The largest absolute Gasteiger partial charge is 0.347 e. The molecule has 0 radical (unpaired) electrons. The number of aryl methyl sites for hydroxylation is 1. The summed E-state index contributed by atoms with van der Waals surface area (Å²) in [5, 5.41) is 4.10. The van der Waals surface area contributed by atoms with Gasteiger partial charge in [-0.25, -0.2) is 4.98 Å². The fourth-order valence-corrected chi connectivity index (χ4v) is 7.37. The zero-order chi connectivity index (χ0) is 19.8. The summed E-state index contributed by atoms with van der Waals surface area (Å²) in [4.78, 5) is 19.2. The van der Waals surface area contributed by atoms with Crippen LogP contribution in [0.4, 0.5) is 0 Å². The van der Waals surface area contributed by atoms with E-state index in [1.54, 1.807) is 11.3 Å². The molecule has 3 nitrogen and oxygen atoms in total. The Morgan fingerprint density at radius 3 is 2.38 bits per heavy atom. The van der Waals surface area contributed by atoms with Gasteiger partial charge in [-0.2, -0.15) is 0 Å². The number of rotatable bonds is 7. The van der Waals surface area contributed by atoms with Crippen LogP contribution in [0.25, 0.3) is 10.4 Å². The van der Waals surface area contributed by atoms with Gasteiger partial charge in [0, 0.05) is 6.04 Å². The van der Waals surface area contributed by atoms with Gasteiger partial charge in [0.25, 0.3) is 5.91 Å². The van der Waals surface area contributed by atoms with E-state index in [1.165, 1.54) is 55.4 Å². The maximum atomic E-state index is 13.2. The van der Waals surface area contributed by atoms with E-state index in [9.17, 15) is 4.79 Å². The molecule has 29 heavy (non-hydrogen) atoms. The van der Waals surface area contributed by atoms with Crippen molar-refractivity contribution in [3.63, 3.8) is 0 Å². The number of benzene rings is 1. The number of thiazole rings is 1. The Bertz CT molecular complexity index is 831. The predicted molar refractivity (Wildman–Crippen MR) is 119 cm³/mol. The molecule has 0 atom stereocenters. The standard InChI is InChI=1S/C25H32N2OS/c1-2-3-5-10-21-23(18-8-6-4-7-9-18)29-25(26-21)24(28)27-22-19-12-16-11-17(14-19)15-20(22)13-16/h4,6-9,16-17,19-20,22H,2-3,5,10-15H2,1H3,(H,27,28). The number of carbonyl (C=O) groups is 1. The SMILES string of the molecule is CCCCCc1nc(C(=O)NC2C3CC4CC(C3)CC2C4)sc1-c1ccccc1. The van der Waals surface area contributed by atoms with Crippen molar-refractivity contribution in [2.24, 2.45) is 23.7 Å². The van der Waals surface area contributed by atoms with Crippen LogP contribution in [0.5, 0.6) is 0 Å². The highest BCUT2D eigenvalue weighted by molar-refractivity contribution is 7.17. The molecule has 4 fully saturated rings. The number of nitrogens with one attached hydrogen (secondary N) is 1. The number of unbranched alkanes of at least 4 members (excludes halogenated alkanes) is 2. The van der Waals surface area contributed by atoms with Crippen molar-refractivity contribution in [2.75, 3.05) is 0 Å². The minimum Gasteiger partial charge on any atom is -0.347 e. The molecule has 1 N–H and O–H groups in total. The van der Waals surface area contributed by atoms with Crippen LogP contribution in [0.2, 0.25) is 0 Å². The minimum absolute atomic E-state index is 0.0615. The van der Waals surface area contributed by atoms with E-state index < -0.39 is 0 Å². The second-order valence-electron chi connectivity index (χ2n) is 9.55. The molecular weight excluding hydrogens is 376 g/mol. The van der Waals surface area contributed by atoms with Crippen LogP contribution < -0.4 is 5.32 Å². The van der Waals surface area contributed by atoms with E-state index in [0.29, 0.717) is 22.9 Å². The topological polar surface area (TPSA) is 42.0 Å². The van der Waals surface area contributed by atoms with Gasteiger partial charge in [0.05, 0.1) is 10.6 Å². The number of amides is 1. The molecule has 4 aliphatic rings. The van der Waals surface area contributed by atoms with Gasteiger partial charge >= 0.3 is 0 Å². The summed E-state index contributed by atoms with van der Waals surface area (Å²) in [6, 6.07) is 10.8. The lowest BCUT2D eigenvalue weighted by molar-refractivity contribution is -0.0119. The third kappa shape index (κ3) is 3.88. The zero-order valence-electron chi connectivity index (χ0n) is 17.4. The van der Waals surface area contributed by atoms with E-state index in [0.717, 1.165) is 30.4 Å². The summed E-state index contributed by atoms with van der Waals surface area (Å²) in [6.45, 7) is 2.23. The zero-order valence-corrected chi connectivity index (χ0v) is 18.2. The molecule has 4 heteroatoms. The summed E-state index contributed by atoms with van der Waals surface area (Å²) in [5.74, 6) is 3.33. The lowest BCUT2D eigenvalue weighted by atomic mass is 9.54. The molecule has 4 aliphatic carbocycles. The van der Waals surface area contributed by atoms with Gasteiger partial charge in [-0.05, 0) is 74.2 Å². The molecule has 4 bridgehead atoms. The summed E-state index contributed by atoms with van der Waals surface area (Å²) in [7, 11) is 0. The second kappa shape index (κ2) is 8.22. The minimum atomic E-state index is 0.0615. The van der Waals surface area contributed by atoms with Crippen LogP contribution in [0.15, 0.2) is 30.3 Å². The first-order valence-corrected chi connectivity index (χ1v) is 12.4. The fraction of sp³-hybridized carbons (Fsp3) is 0.600. The van der Waals surface area contributed by atoms with Gasteiger partial charge in [0.1, 0.15) is 0 Å². The Kier molecular flexibility index (Phi) is 5.47. The van der Waals surface area contributed by atoms with Crippen LogP contribution in [0.3, 0.4) is 0 Å². The van der Waals surface area contributed by atoms with E-state index in [-0.39, 0.29) is 5.91 Å². The Morgan fingerprint density at radius 1 is 1.03 bits per heavy atom. The molecule has 1 aromatic carbocycles. The first-order valence-electron chi connectivity index (χ1n) is 11.6. The number of carbonyl (C=O) groups excluding carboxylic acids is 1. The van der Waals surface area contributed by atoms with Gasteiger partial charge in [-0.1, -0.05) is 50.1 Å². The lowest BCUT2D eigenvalue weighted by Crippen LogP contribution is -2.55. The maximum Gasteiger partial charge on any atom is 0.280 e. The van der Waals surface area contributed by atoms with Crippen LogP contribution >= 0.6 is 11.3 Å². The Morgan fingerprint density at radius 2 is 1.72 bits per heavy atom. The summed E-state index contributed by atoms with van der Waals surface area (Å²) in [6.07, 6.45) is 11.3. The Hall–Kier alpha value is -1.68. The van der Waals surface area contributed by atoms with E-state index in [4.69, 9.17) is 4.98 Å². The van der Waals surface area contributed by atoms with Crippen molar-refractivity contribution in [1.82, 2.24) is 10.3 Å². The fourth-order valence-electron chi connectivity index (χ4n) is 6.35. The third-order valence-electron chi connectivity index (χ3n) is 7.47. The third-order valence-corrected chi connectivity index (χ3v) is 8.61. The first-order chi connectivity index (χ1) is 14.2. The predicted octanol–water partition coefficient (Wildman–Crippen LogP) is 6.10. The summed E-state index contributed by atoms with van der Waals surface area (Å²) >= 11 is 1.58. The number of hydrogen-bond acceptors (Lipinski definition) is 3. The van der Waals surface area contributed by atoms with Crippen LogP contribution in [0, 0.1) is 23.7 Å². The smallest absolute Gasteiger partial charge is 0.280 e. The van der Waals surface area contributed by atoms with Crippen molar-refractivity contribution in [3.05, 3.63) is 41.0 Å². The van der Waals surface area contributed by atoms with Crippen LogP contribution in [-0.2, 0) is 6.42 Å². The van der Waals surface area contributed by atoms with Gasteiger partial charge in [0.2, 0.25) is 0 Å². The molecule has 0 aliphatic heterocycles. The molecule has 0 saturated heterocycles. The molecule has 0 spiro atoms. The summed E-state index contributed by atoms with van der Waals surface area (Å²) < 4.78 is 0. The average molecular weight is 409 g/mol. The Labute approximate surface area is 178 Å². The van der Waals surface area contributed by atoms with E-state index in [2.05, 4.69) is 36.5 Å². The number of nitrogens with zero attached hydrogens (tertiary/aromatic N) is 1. The monoisotopic (exact) mass is 408 g/mol. The molecule has 0 unspecified atom stereocenters. The van der Waals surface area contributed by atoms with Crippen molar-refractivity contribution in [1.29, 1.82) is 0 Å². The molecule has 154 valence electrons. The average Bonchev–Trinajstić information content (AvgIpc) is 3.15. The highest BCUT2D eigenvalue weighted by Crippen LogP contribution is 2.53. The van der Waals surface area contributed by atoms with Crippen molar-refractivity contribution >= 4 is 17.2 Å². The van der Waals surface area contributed by atoms with Crippen molar-refractivity contribution in [2.45, 2.75) is 70.8 Å². The maximum absolute atomic E-state index is 13.2. The highest BCUT2D eigenvalue weighted by Gasteiger charge is 2.48. The molecule has 6 rings (SSSR count). The Balaban J connectivity index is 1.35. The van der Waals surface area contributed by atoms with Crippen LogP contribution in [0.1, 0.15) is 73.8 Å². The molecule has 1 heterocycles. The van der Waals surface area contributed by atoms with E-state index >= 15 is 0 Å². The molecular formula is C25H32N2OS. The van der Waals surface area contributed by atoms with Crippen molar-refractivity contribution < 1.29 is 4.79 Å². The normalized spacial score (nSPS) is 29.9. The second-order valence-corrected chi connectivity index (χ2v) is 10.5. The molecule has 1 aromatic heterocycles. The molecule has 4 saturated carbocycles. The lowest BCUT2D eigenvalue weighted by Gasteiger charge is -2.54. The first kappa shape index (κ1) is 19.3. The quantitative estimate of drug-likeness (QED) is 0.563. The number of aromatic nitrogens is 1. The number of hydrogen-bond donors (Lipinski definition) is 1. The van der Waals surface area contributed by atoms with E-state index in [1.807, 2.05) is 6.07 Å². The van der Waals surface area contributed by atoms with Gasteiger partial charge < -0.3 is 5.32 Å². The van der Waals surface area contributed by atoms with Crippen LogP contribution in [-0.4, -0.2) is 16.9 Å². The van der Waals surface area contributed by atoms with Gasteiger partial charge in [-0.3, -0.25) is 4.79 Å². The van der Waals surface area contributed by atoms with Gasteiger partial charge in [0.15, 0.2) is 5.01 Å². The van der Waals surface area contributed by atoms with Gasteiger partial charge in [-0.15, -0.1) is 11.3 Å². The molecule has 2 aromatic rings.